The van der Waals surface area contributed by atoms with Crippen molar-refractivity contribution in [2.45, 2.75) is 13.8 Å². The number of hydrogen-bond donors (Lipinski definition) is 0. The number of aromatic nitrogens is 2. The first-order chi connectivity index (χ1) is 8.09. The van der Waals surface area contributed by atoms with Gasteiger partial charge in [0.2, 0.25) is 0 Å². The molecule has 4 heteroatoms. The lowest BCUT2D eigenvalue weighted by Crippen LogP contribution is -2.28. The molecule has 0 aliphatic rings. The molecule has 0 amide bonds. The van der Waals surface area contributed by atoms with E-state index in [-0.39, 0.29) is 5.76 Å². The lowest BCUT2D eigenvalue weighted by atomic mass is 10.1. The number of benzene rings is 1. The molecule has 0 saturated carbocycles. The molecule has 0 bridgehead atoms. The van der Waals surface area contributed by atoms with Gasteiger partial charge in [-0.25, -0.2) is 4.57 Å². The van der Waals surface area contributed by atoms with Crippen molar-refractivity contribution < 1.29 is 8.98 Å². The quantitative estimate of drug-likeness (QED) is 0.548. The number of imidazole rings is 1. The molecule has 0 aliphatic carbocycles. The average molecular weight is 229 g/mol. The van der Waals surface area contributed by atoms with Gasteiger partial charge >= 0.3 is 11.4 Å². The van der Waals surface area contributed by atoms with Crippen LogP contribution in [-0.2, 0) is 7.05 Å². The van der Waals surface area contributed by atoms with Crippen LogP contribution in [0, 0.1) is 13.8 Å². The third-order valence-electron chi connectivity index (χ3n) is 3.32. The van der Waals surface area contributed by atoms with Gasteiger partial charge in [0, 0.05) is 0 Å². The lowest BCUT2D eigenvalue weighted by molar-refractivity contribution is -0.643. The fraction of sp³-hybridized carbons (Fsp3) is 0.231. The summed E-state index contributed by atoms with van der Waals surface area (Å²) in [5.74, 6) is -0.351. The molecular formula is C13H13N2O2+. The van der Waals surface area contributed by atoms with Crippen molar-refractivity contribution in [2.24, 2.45) is 7.05 Å². The van der Waals surface area contributed by atoms with Crippen LogP contribution in [0.5, 0.6) is 0 Å². The Hall–Kier alpha value is -2.10. The van der Waals surface area contributed by atoms with E-state index in [9.17, 15) is 4.79 Å². The van der Waals surface area contributed by atoms with Gasteiger partial charge < -0.3 is 4.42 Å². The Kier molecular flexibility index (Phi) is 1.90. The first-order valence-corrected chi connectivity index (χ1v) is 5.49. The molecule has 17 heavy (non-hydrogen) atoms. The molecule has 4 nitrogen and oxygen atoms in total. The monoisotopic (exact) mass is 229 g/mol. The van der Waals surface area contributed by atoms with Gasteiger partial charge in [0.25, 0.3) is 0 Å². The molecule has 2 aromatic heterocycles. The van der Waals surface area contributed by atoms with Gasteiger partial charge in [-0.1, -0.05) is 6.07 Å². The number of hydrogen-bond acceptors (Lipinski definition) is 2. The Balaban J connectivity index is 2.74. The smallest absolute Gasteiger partial charge is 0.391 e. The van der Waals surface area contributed by atoms with E-state index in [1.54, 1.807) is 6.20 Å². The zero-order valence-electron chi connectivity index (χ0n) is 10.0. The number of fused-ring (bicyclic) bond motifs is 3. The van der Waals surface area contributed by atoms with E-state index >= 15 is 0 Å². The van der Waals surface area contributed by atoms with Crippen molar-refractivity contribution in [1.29, 1.82) is 0 Å². The Labute approximate surface area is 97.7 Å². The maximum atomic E-state index is 11.8. The number of rotatable bonds is 0. The van der Waals surface area contributed by atoms with E-state index in [4.69, 9.17) is 4.42 Å². The molecule has 0 saturated heterocycles. The summed E-state index contributed by atoms with van der Waals surface area (Å²) in [6.45, 7) is 4.10. The maximum absolute atomic E-state index is 11.8. The van der Waals surface area contributed by atoms with Crippen LogP contribution in [0.3, 0.4) is 0 Å². The second-order valence-corrected chi connectivity index (χ2v) is 4.35. The van der Waals surface area contributed by atoms with Gasteiger partial charge in [0.1, 0.15) is 17.8 Å². The summed E-state index contributed by atoms with van der Waals surface area (Å²) in [7, 11) is 1.93. The van der Waals surface area contributed by atoms with Crippen molar-refractivity contribution in [1.82, 2.24) is 4.40 Å². The van der Waals surface area contributed by atoms with Crippen molar-refractivity contribution in [3.8, 4) is 0 Å². The molecule has 0 atom stereocenters. The summed E-state index contributed by atoms with van der Waals surface area (Å²) in [5.41, 5.74) is 3.84. The minimum absolute atomic E-state index is 0.351. The van der Waals surface area contributed by atoms with Crippen molar-refractivity contribution in [3.05, 3.63) is 46.2 Å². The van der Waals surface area contributed by atoms with E-state index in [0.29, 0.717) is 5.58 Å². The molecule has 0 spiro atoms. The van der Waals surface area contributed by atoms with E-state index in [1.165, 1.54) is 9.96 Å². The first-order valence-electron chi connectivity index (χ1n) is 5.49. The third-order valence-corrected chi connectivity index (χ3v) is 3.32. The molecule has 3 rings (SSSR count). The summed E-state index contributed by atoms with van der Waals surface area (Å²) in [6.07, 6.45) is 3.58. The van der Waals surface area contributed by atoms with Crippen LogP contribution < -0.4 is 10.3 Å². The highest BCUT2D eigenvalue weighted by Gasteiger charge is 2.19. The zero-order valence-corrected chi connectivity index (χ0v) is 10.0. The standard InChI is InChI=1S/C13H13N2O2/c1-8-4-5-10-11(9(8)2)12-14(3)6-7-15(12)13(16)17-10/h4-7H,1-3H3/q+1. The zero-order chi connectivity index (χ0) is 12.2. The van der Waals surface area contributed by atoms with Crippen LogP contribution in [0.15, 0.2) is 33.7 Å². The lowest BCUT2D eigenvalue weighted by Gasteiger charge is -2.03. The Morgan fingerprint density at radius 1 is 1.29 bits per heavy atom. The molecule has 1 aromatic carbocycles. The predicted octanol–water partition coefficient (Wildman–Crippen LogP) is 1.49. The van der Waals surface area contributed by atoms with Crippen molar-refractivity contribution >= 4 is 16.6 Å². The van der Waals surface area contributed by atoms with Crippen LogP contribution in [0.1, 0.15) is 11.1 Å². The average Bonchev–Trinajstić information content (AvgIpc) is 2.67. The fourth-order valence-corrected chi connectivity index (χ4v) is 2.22. The fourth-order valence-electron chi connectivity index (χ4n) is 2.22. The number of nitrogens with zero attached hydrogens (tertiary/aromatic N) is 2. The molecule has 0 N–H and O–H groups in total. The summed E-state index contributed by atoms with van der Waals surface area (Å²) in [4.78, 5) is 11.8. The van der Waals surface area contributed by atoms with Crippen molar-refractivity contribution in [2.75, 3.05) is 0 Å². The second kappa shape index (κ2) is 3.20. The van der Waals surface area contributed by atoms with Crippen LogP contribution in [0.25, 0.3) is 16.6 Å². The minimum Gasteiger partial charge on any atom is -0.391 e. The molecule has 0 unspecified atom stereocenters. The highest BCUT2D eigenvalue weighted by molar-refractivity contribution is 5.91. The molecule has 86 valence electrons. The topological polar surface area (TPSA) is 38.5 Å². The third kappa shape index (κ3) is 1.24. The summed E-state index contributed by atoms with van der Waals surface area (Å²) < 4.78 is 8.79. The van der Waals surface area contributed by atoms with E-state index < -0.39 is 0 Å². The van der Waals surface area contributed by atoms with Gasteiger partial charge in [-0.05, 0) is 31.0 Å². The Bertz CT molecular complexity index is 796. The van der Waals surface area contributed by atoms with E-state index in [2.05, 4.69) is 6.92 Å². The van der Waals surface area contributed by atoms with Crippen LogP contribution in [0.2, 0.25) is 0 Å². The van der Waals surface area contributed by atoms with Gasteiger partial charge in [0.05, 0.1) is 7.05 Å². The van der Waals surface area contributed by atoms with Gasteiger partial charge in [-0.3, -0.25) is 0 Å². The van der Waals surface area contributed by atoms with Gasteiger partial charge in [0.15, 0.2) is 5.58 Å². The summed E-state index contributed by atoms with van der Waals surface area (Å²) in [5, 5.41) is 0.997. The highest BCUT2D eigenvalue weighted by Crippen LogP contribution is 2.22. The van der Waals surface area contributed by atoms with Gasteiger partial charge in [-0.15, -0.1) is 4.40 Å². The molecule has 0 fully saturated rings. The molecule has 3 aromatic rings. The van der Waals surface area contributed by atoms with E-state index in [0.717, 1.165) is 16.6 Å². The Morgan fingerprint density at radius 3 is 2.82 bits per heavy atom. The minimum atomic E-state index is -0.351. The summed E-state index contributed by atoms with van der Waals surface area (Å²) >= 11 is 0. The molecule has 0 radical (unpaired) electrons. The summed E-state index contributed by atoms with van der Waals surface area (Å²) in [6, 6.07) is 3.83. The van der Waals surface area contributed by atoms with Crippen LogP contribution >= 0.6 is 0 Å². The first kappa shape index (κ1) is 10.1. The maximum Gasteiger partial charge on any atom is 0.517 e. The van der Waals surface area contributed by atoms with Crippen molar-refractivity contribution in [3.63, 3.8) is 0 Å². The normalized spacial score (nSPS) is 11.5. The molecular weight excluding hydrogens is 216 g/mol. The van der Waals surface area contributed by atoms with Crippen LogP contribution in [0.4, 0.5) is 0 Å². The van der Waals surface area contributed by atoms with E-state index in [1.807, 2.05) is 36.9 Å². The SMILES string of the molecule is Cc1ccc2oc(=O)n3cc[n+](C)c3c2c1C. The molecule has 0 aliphatic heterocycles. The Morgan fingerprint density at radius 2 is 2.06 bits per heavy atom. The molecule has 2 heterocycles. The number of aryl methyl sites for hydroxylation is 3. The van der Waals surface area contributed by atoms with Gasteiger partial charge in [-0.2, -0.15) is 4.79 Å². The second-order valence-electron chi connectivity index (χ2n) is 4.35. The highest BCUT2D eigenvalue weighted by atomic mass is 16.4. The largest absolute Gasteiger partial charge is 0.517 e. The predicted molar refractivity (Wildman–Crippen MR) is 64.1 cm³/mol. The van der Waals surface area contributed by atoms with Crippen LogP contribution in [-0.4, -0.2) is 4.40 Å².